The molecule has 0 bridgehead atoms. The molecule has 0 aliphatic carbocycles. The van der Waals surface area contributed by atoms with Gasteiger partial charge in [0.1, 0.15) is 11.5 Å². The van der Waals surface area contributed by atoms with E-state index in [0.717, 1.165) is 30.4 Å². The Morgan fingerprint density at radius 2 is 1.96 bits per heavy atom. The van der Waals surface area contributed by atoms with Crippen LogP contribution in [0, 0.1) is 0 Å². The molecule has 3 rings (SSSR count). The zero-order valence-corrected chi connectivity index (χ0v) is 14.4. The fourth-order valence-electron chi connectivity index (χ4n) is 2.72. The molecule has 1 atom stereocenters. The lowest BCUT2D eigenvalue weighted by molar-refractivity contribution is 0.201. The van der Waals surface area contributed by atoms with Gasteiger partial charge in [-0.3, -0.25) is 0 Å². The van der Waals surface area contributed by atoms with Crippen molar-refractivity contribution in [1.82, 2.24) is 9.97 Å². The Morgan fingerprint density at radius 1 is 1.25 bits per heavy atom. The third-order valence-corrected chi connectivity index (χ3v) is 4.40. The summed E-state index contributed by atoms with van der Waals surface area (Å²) in [5.41, 5.74) is 8.76. The van der Waals surface area contributed by atoms with Crippen LogP contribution >= 0.6 is 11.6 Å². The Labute approximate surface area is 146 Å². The second-order valence-corrected chi connectivity index (χ2v) is 6.19. The number of rotatable bonds is 6. The third kappa shape index (κ3) is 3.39. The molecular weight excluding hydrogens is 326 g/mol. The first-order chi connectivity index (χ1) is 11.6. The van der Waals surface area contributed by atoms with Gasteiger partial charge < -0.3 is 21.1 Å². The molecule has 2 heterocycles. The van der Waals surface area contributed by atoms with E-state index >= 15 is 0 Å². The van der Waals surface area contributed by atoms with E-state index in [0.29, 0.717) is 35.6 Å². The fourth-order valence-corrected chi connectivity index (χ4v) is 2.90. The van der Waals surface area contributed by atoms with Crippen LogP contribution in [0.15, 0.2) is 24.3 Å². The Balaban J connectivity index is 1.86. The van der Waals surface area contributed by atoms with Crippen LogP contribution in [0.2, 0.25) is 0 Å². The van der Waals surface area contributed by atoms with Crippen LogP contribution in [0.1, 0.15) is 36.7 Å². The first kappa shape index (κ1) is 16.8. The first-order valence-corrected chi connectivity index (χ1v) is 8.67. The van der Waals surface area contributed by atoms with Gasteiger partial charge in [-0.25, -0.2) is 9.97 Å². The number of nitrogens with two attached hydrogens (primary N) is 1. The molecule has 1 aliphatic rings. The molecule has 1 unspecified atom stereocenters. The van der Waals surface area contributed by atoms with Gasteiger partial charge in [0, 0.05) is 18.8 Å². The van der Waals surface area contributed by atoms with Crippen LogP contribution in [0.4, 0.5) is 17.3 Å². The molecule has 24 heavy (non-hydrogen) atoms. The van der Waals surface area contributed by atoms with E-state index in [1.807, 2.05) is 24.3 Å². The minimum Gasteiger partial charge on any atom is -0.382 e. The predicted molar refractivity (Wildman–Crippen MR) is 96.9 cm³/mol. The van der Waals surface area contributed by atoms with Gasteiger partial charge in [-0.15, -0.1) is 11.6 Å². The number of aliphatic hydroxyl groups is 1. The SMILES string of the molecule is CCCCc1nc(N)c2c(n1)N(Cc1ccc(CCl)cc1)C(O)N2. The summed E-state index contributed by atoms with van der Waals surface area (Å²) in [4.78, 5) is 10.7. The summed E-state index contributed by atoms with van der Waals surface area (Å²) in [6.45, 7) is 2.65. The molecule has 4 N–H and O–H groups in total. The lowest BCUT2D eigenvalue weighted by Gasteiger charge is -2.22. The molecule has 6 nitrogen and oxygen atoms in total. The summed E-state index contributed by atoms with van der Waals surface area (Å²) in [6, 6.07) is 7.98. The van der Waals surface area contributed by atoms with E-state index in [2.05, 4.69) is 22.2 Å². The Bertz CT molecular complexity index is 707. The van der Waals surface area contributed by atoms with E-state index < -0.39 is 6.35 Å². The number of hydrogen-bond acceptors (Lipinski definition) is 6. The number of nitrogens with one attached hydrogen (secondary N) is 1. The largest absolute Gasteiger partial charge is 0.382 e. The van der Waals surface area contributed by atoms with Crippen LogP contribution in [0.25, 0.3) is 0 Å². The van der Waals surface area contributed by atoms with Crippen molar-refractivity contribution in [3.05, 3.63) is 41.2 Å². The average Bonchev–Trinajstić information content (AvgIpc) is 2.90. The quantitative estimate of drug-likeness (QED) is 0.696. The fraction of sp³-hybridized carbons (Fsp3) is 0.412. The van der Waals surface area contributed by atoms with Crippen LogP contribution < -0.4 is 16.0 Å². The standard InChI is InChI=1S/C17H22ClN5O/c1-2-3-4-13-20-15(19)14-16(21-13)23(17(24)22-14)10-12-7-5-11(9-18)6-8-12/h5-8,17,22,24H,2-4,9-10H2,1H3,(H2,19,20,21). The van der Waals surface area contributed by atoms with Crippen LogP contribution in [0.3, 0.4) is 0 Å². The van der Waals surface area contributed by atoms with E-state index in [-0.39, 0.29) is 0 Å². The lowest BCUT2D eigenvalue weighted by atomic mass is 10.1. The van der Waals surface area contributed by atoms with Crippen LogP contribution in [0.5, 0.6) is 0 Å². The minimum absolute atomic E-state index is 0.380. The Morgan fingerprint density at radius 3 is 2.62 bits per heavy atom. The highest BCUT2D eigenvalue weighted by molar-refractivity contribution is 6.17. The second kappa shape index (κ2) is 7.23. The summed E-state index contributed by atoms with van der Waals surface area (Å²) in [6.07, 6.45) is 1.99. The van der Waals surface area contributed by atoms with E-state index in [1.165, 1.54) is 0 Å². The maximum Gasteiger partial charge on any atom is 0.207 e. The molecule has 0 saturated carbocycles. The summed E-state index contributed by atoms with van der Waals surface area (Å²) in [7, 11) is 0. The van der Waals surface area contributed by atoms with Gasteiger partial charge in [0.2, 0.25) is 6.35 Å². The Hall–Kier alpha value is -2.05. The minimum atomic E-state index is -0.870. The van der Waals surface area contributed by atoms with Gasteiger partial charge in [-0.2, -0.15) is 0 Å². The number of anilines is 3. The summed E-state index contributed by atoms with van der Waals surface area (Å²) < 4.78 is 0. The van der Waals surface area contributed by atoms with E-state index in [1.54, 1.807) is 4.90 Å². The maximum absolute atomic E-state index is 10.3. The highest BCUT2D eigenvalue weighted by Gasteiger charge is 2.31. The van der Waals surface area contributed by atoms with Gasteiger partial charge >= 0.3 is 0 Å². The molecule has 0 saturated heterocycles. The molecule has 0 fully saturated rings. The number of benzene rings is 1. The number of aryl methyl sites for hydroxylation is 1. The summed E-state index contributed by atoms with van der Waals surface area (Å²) in [5, 5.41) is 13.3. The second-order valence-electron chi connectivity index (χ2n) is 5.92. The Kier molecular flexibility index (Phi) is 5.06. The van der Waals surface area contributed by atoms with Crippen molar-refractivity contribution >= 4 is 28.9 Å². The van der Waals surface area contributed by atoms with Gasteiger partial charge in [0.15, 0.2) is 11.6 Å². The van der Waals surface area contributed by atoms with Crippen LogP contribution in [-0.4, -0.2) is 21.4 Å². The molecule has 0 amide bonds. The molecule has 1 aromatic heterocycles. The highest BCUT2D eigenvalue weighted by atomic mass is 35.5. The average molecular weight is 348 g/mol. The van der Waals surface area contributed by atoms with Crippen molar-refractivity contribution in [2.75, 3.05) is 16.0 Å². The van der Waals surface area contributed by atoms with Crippen molar-refractivity contribution in [2.45, 2.75) is 45.0 Å². The number of aromatic nitrogens is 2. The molecule has 1 aliphatic heterocycles. The number of fused-ring (bicyclic) bond motifs is 1. The number of nitrogen functional groups attached to an aromatic ring is 1. The van der Waals surface area contributed by atoms with Gasteiger partial charge in [0.05, 0.1) is 0 Å². The predicted octanol–water partition coefficient (Wildman–Crippen LogP) is 2.85. The van der Waals surface area contributed by atoms with Gasteiger partial charge in [-0.1, -0.05) is 37.6 Å². The maximum atomic E-state index is 10.3. The number of hydrogen-bond donors (Lipinski definition) is 3. The molecule has 128 valence electrons. The molecule has 2 aromatic rings. The third-order valence-electron chi connectivity index (χ3n) is 4.09. The zero-order chi connectivity index (χ0) is 17.1. The molecule has 1 aromatic carbocycles. The normalized spacial score (nSPS) is 16.1. The molecular formula is C17H22ClN5O. The van der Waals surface area contributed by atoms with Crippen molar-refractivity contribution in [3.63, 3.8) is 0 Å². The van der Waals surface area contributed by atoms with Crippen molar-refractivity contribution < 1.29 is 5.11 Å². The smallest absolute Gasteiger partial charge is 0.207 e. The summed E-state index contributed by atoms with van der Waals surface area (Å²) in [5.74, 6) is 2.24. The number of halogens is 1. The highest BCUT2D eigenvalue weighted by Crippen LogP contribution is 2.36. The van der Waals surface area contributed by atoms with E-state index in [9.17, 15) is 5.11 Å². The van der Waals surface area contributed by atoms with Crippen molar-refractivity contribution in [2.24, 2.45) is 0 Å². The number of unbranched alkanes of at least 4 members (excludes halogenated alkanes) is 1. The van der Waals surface area contributed by atoms with Crippen molar-refractivity contribution in [3.8, 4) is 0 Å². The van der Waals surface area contributed by atoms with Gasteiger partial charge in [-0.05, 0) is 17.5 Å². The van der Waals surface area contributed by atoms with E-state index in [4.69, 9.17) is 17.3 Å². The molecule has 7 heteroatoms. The summed E-state index contributed by atoms with van der Waals surface area (Å²) >= 11 is 5.82. The number of nitrogens with zero attached hydrogens (tertiary/aromatic N) is 3. The first-order valence-electron chi connectivity index (χ1n) is 8.13. The lowest BCUT2D eigenvalue weighted by Crippen LogP contribution is -2.35. The molecule has 0 spiro atoms. The van der Waals surface area contributed by atoms with Crippen molar-refractivity contribution in [1.29, 1.82) is 0 Å². The number of aliphatic hydroxyl groups excluding tert-OH is 1. The topological polar surface area (TPSA) is 87.3 Å². The number of alkyl halides is 1. The van der Waals surface area contributed by atoms with Crippen LogP contribution in [-0.2, 0) is 18.8 Å². The molecule has 0 radical (unpaired) electrons. The zero-order valence-electron chi connectivity index (χ0n) is 13.7. The monoisotopic (exact) mass is 347 g/mol. The van der Waals surface area contributed by atoms with Gasteiger partial charge in [0.25, 0.3) is 0 Å².